The molecule has 0 unspecified atom stereocenters. The molecule has 0 aliphatic carbocycles. The van der Waals surface area contributed by atoms with Crippen LogP contribution in [0.3, 0.4) is 0 Å². The van der Waals surface area contributed by atoms with Crippen LogP contribution >= 0.6 is 22.9 Å². The minimum atomic E-state index is 0.276. The van der Waals surface area contributed by atoms with Gasteiger partial charge < -0.3 is 0 Å². The van der Waals surface area contributed by atoms with Gasteiger partial charge in [-0.05, 0) is 11.5 Å². The van der Waals surface area contributed by atoms with Crippen LogP contribution in [0.5, 0.6) is 0 Å². The summed E-state index contributed by atoms with van der Waals surface area (Å²) in [4.78, 5) is 1.32. The van der Waals surface area contributed by atoms with Gasteiger partial charge in [-0.2, -0.15) is 20.2 Å². The van der Waals surface area contributed by atoms with Crippen LogP contribution in [0.25, 0.3) is 10.2 Å². The predicted molar refractivity (Wildman–Crippen MR) is 51.6 cm³/mol. The van der Waals surface area contributed by atoms with E-state index in [2.05, 4.69) is 4.37 Å². The Bertz CT molecular complexity index is 629. The highest BCUT2D eigenvalue weighted by atomic mass is 32.1. The number of aromatic nitrogens is 1. The highest BCUT2D eigenvalue weighted by molar-refractivity contribution is 7.22. The van der Waals surface area contributed by atoms with Gasteiger partial charge in [0.1, 0.15) is 32.8 Å². The molecular formula is C8N4S2. The third kappa shape index (κ3) is 0.978. The Balaban J connectivity index is 2.97. The molecule has 2 aromatic heterocycles. The number of rotatable bonds is 0. The monoisotopic (exact) mass is 216 g/mol. The zero-order valence-electron chi connectivity index (χ0n) is 6.61. The average Bonchev–Trinajstić information content (AvgIpc) is 2.74. The van der Waals surface area contributed by atoms with E-state index in [9.17, 15) is 0 Å². The molecule has 0 saturated heterocycles. The summed E-state index contributed by atoms with van der Waals surface area (Å²) in [5.41, 5.74) is 0.276. The summed E-state index contributed by atoms with van der Waals surface area (Å²) in [7, 11) is 0. The van der Waals surface area contributed by atoms with Gasteiger partial charge in [0.2, 0.25) is 0 Å². The Hall–Kier alpha value is -1.94. The van der Waals surface area contributed by atoms with Gasteiger partial charge >= 0.3 is 0 Å². The summed E-state index contributed by atoms with van der Waals surface area (Å²) in [6.07, 6.45) is 0. The molecule has 0 saturated carbocycles. The molecule has 2 aromatic rings. The van der Waals surface area contributed by atoms with Crippen molar-refractivity contribution in [1.82, 2.24) is 4.37 Å². The van der Waals surface area contributed by atoms with E-state index in [1.54, 1.807) is 0 Å². The van der Waals surface area contributed by atoms with Gasteiger partial charge in [-0.1, -0.05) is 0 Å². The third-order valence-corrected chi connectivity index (χ3v) is 3.51. The van der Waals surface area contributed by atoms with Crippen molar-refractivity contribution in [3.05, 3.63) is 15.3 Å². The van der Waals surface area contributed by atoms with Gasteiger partial charge in [0.05, 0.1) is 10.9 Å². The van der Waals surface area contributed by atoms with Crippen molar-refractivity contribution in [3.63, 3.8) is 0 Å². The molecule has 0 N–H and O–H groups in total. The van der Waals surface area contributed by atoms with Crippen LogP contribution in [-0.4, -0.2) is 4.37 Å². The normalized spacial score (nSPS) is 9.21. The summed E-state index contributed by atoms with van der Waals surface area (Å²) < 4.78 is 4.00. The lowest BCUT2D eigenvalue weighted by molar-refractivity contribution is 1.48. The standard InChI is InChI=1S/C8N4S2/c9-1-4-5(2-10)13-8-7(4)6(3-11)14-12-8. The zero-order chi connectivity index (χ0) is 10.1. The molecule has 0 fully saturated rings. The van der Waals surface area contributed by atoms with Gasteiger partial charge in [0.15, 0.2) is 0 Å². The molecule has 0 aliphatic rings. The molecule has 0 bridgehead atoms. The molecule has 0 aliphatic heterocycles. The van der Waals surface area contributed by atoms with E-state index in [1.807, 2.05) is 18.2 Å². The van der Waals surface area contributed by atoms with Crippen molar-refractivity contribution < 1.29 is 0 Å². The molecule has 0 atom stereocenters. The molecule has 0 spiro atoms. The van der Waals surface area contributed by atoms with Crippen molar-refractivity contribution >= 4 is 33.1 Å². The number of fused-ring (bicyclic) bond motifs is 1. The van der Waals surface area contributed by atoms with Crippen LogP contribution in [0.15, 0.2) is 0 Å². The Morgan fingerprint density at radius 1 is 1.00 bits per heavy atom. The Kier molecular flexibility index (Phi) is 1.90. The molecule has 14 heavy (non-hydrogen) atoms. The maximum atomic E-state index is 8.85. The molecule has 64 valence electrons. The SMILES string of the molecule is N#Cc1sc2nsc(C#N)c2c1C#N. The Labute approximate surface area is 87.0 Å². The maximum Gasteiger partial charge on any atom is 0.141 e. The van der Waals surface area contributed by atoms with Crippen molar-refractivity contribution in [2.75, 3.05) is 0 Å². The molecule has 0 radical (unpaired) electrons. The van der Waals surface area contributed by atoms with Gasteiger partial charge in [0, 0.05) is 0 Å². The van der Waals surface area contributed by atoms with Gasteiger partial charge in [0.25, 0.3) is 0 Å². The van der Waals surface area contributed by atoms with Crippen molar-refractivity contribution in [2.24, 2.45) is 0 Å². The third-order valence-electron chi connectivity index (χ3n) is 1.65. The molecule has 0 aromatic carbocycles. The second-order valence-corrected chi connectivity index (χ2v) is 4.11. The van der Waals surface area contributed by atoms with Crippen LogP contribution < -0.4 is 0 Å². The first kappa shape index (κ1) is 8.65. The number of thiophene rings is 1. The second kappa shape index (κ2) is 3.08. The van der Waals surface area contributed by atoms with Crippen LogP contribution in [0.4, 0.5) is 0 Å². The van der Waals surface area contributed by atoms with E-state index in [1.165, 1.54) is 0 Å². The molecule has 2 rings (SSSR count). The summed E-state index contributed by atoms with van der Waals surface area (Å²) in [5.74, 6) is 0. The lowest BCUT2D eigenvalue weighted by atomic mass is 10.2. The van der Waals surface area contributed by atoms with E-state index < -0.39 is 0 Å². The van der Waals surface area contributed by atoms with Crippen LogP contribution in [-0.2, 0) is 0 Å². The summed E-state index contributed by atoms with van der Waals surface area (Å²) >= 11 is 2.21. The fourth-order valence-electron chi connectivity index (χ4n) is 1.09. The number of hydrogen-bond acceptors (Lipinski definition) is 6. The lowest BCUT2D eigenvalue weighted by Gasteiger charge is -1.81. The highest BCUT2D eigenvalue weighted by Gasteiger charge is 2.17. The van der Waals surface area contributed by atoms with Gasteiger partial charge in [-0.25, -0.2) is 0 Å². The average molecular weight is 216 g/mol. The van der Waals surface area contributed by atoms with E-state index >= 15 is 0 Å². The highest BCUT2D eigenvalue weighted by Crippen LogP contribution is 2.33. The minimum absolute atomic E-state index is 0.276. The summed E-state index contributed by atoms with van der Waals surface area (Å²) in [6, 6.07) is 5.82. The second-order valence-electron chi connectivity index (χ2n) is 2.33. The first-order valence-corrected chi connectivity index (χ1v) is 5.03. The molecular weight excluding hydrogens is 216 g/mol. The van der Waals surface area contributed by atoms with Crippen LogP contribution in [0.1, 0.15) is 15.3 Å². The maximum absolute atomic E-state index is 8.85. The van der Waals surface area contributed by atoms with E-state index in [4.69, 9.17) is 15.8 Å². The Morgan fingerprint density at radius 2 is 1.71 bits per heavy atom. The first-order chi connectivity index (χ1) is 6.81. The van der Waals surface area contributed by atoms with Gasteiger partial charge in [-0.15, -0.1) is 11.3 Å². The van der Waals surface area contributed by atoms with Crippen LogP contribution in [0.2, 0.25) is 0 Å². The van der Waals surface area contributed by atoms with Crippen molar-refractivity contribution in [1.29, 1.82) is 15.8 Å². The summed E-state index contributed by atoms with van der Waals surface area (Å²) in [5, 5.41) is 26.9. The van der Waals surface area contributed by atoms with E-state index in [-0.39, 0.29) is 5.56 Å². The van der Waals surface area contributed by atoms with Crippen molar-refractivity contribution in [3.8, 4) is 18.2 Å². The number of nitriles is 3. The van der Waals surface area contributed by atoms with E-state index in [0.717, 1.165) is 22.9 Å². The number of nitrogens with zero attached hydrogens (tertiary/aromatic N) is 4. The molecule has 2 heterocycles. The first-order valence-electron chi connectivity index (χ1n) is 3.44. The van der Waals surface area contributed by atoms with Crippen molar-refractivity contribution in [2.45, 2.75) is 0 Å². The minimum Gasteiger partial charge on any atom is -0.192 e. The Morgan fingerprint density at radius 3 is 2.29 bits per heavy atom. The predicted octanol–water partition coefficient (Wildman–Crippen LogP) is 1.97. The topological polar surface area (TPSA) is 84.3 Å². The number of hydrogen-bond donors (Lipinski definition) is 0. The lowest BCUT2D eigenvalue weighted by Crippen LogP contribution is -1.75. The van der Waals surface area contributed by atoms with Gasteiger partial charge in [-0.3, -0.25) is 0 Å². The fourth-order valence-corrected chi connectivity index (χ4v) is 2.81. The van der Waals surface area contributed by atoms with Crippen LogP contribution in [0, 0.1) is 34.0 Å². The fraction of sp³-hybridized carbons (Fsp3) is 0. The summed E-state index contributed by atoms with van der Waals surface area (Å²) in [6.45, 7) is 0. The molecule has 4 nitrogen and oxygen atoms in total. The quantitative estimate of drug-likeness (QED) is 0.673. The smallest absolute Gasteiger partial charge is 0.141 e. The molecule has 0 amide bonds. The largest absolute Gasteiger partial charge is 0.192 e. The zero-order valence-corrected chi connectivity index (χ0v) is 8.24. The molecule has 6 heteroatoms. The van der Waals surface area contributed by atoms with E-state index in [0.29, 0.717) is 20.0 Å².